The van der Waals surface area contributed by atoms with Crippen molar-refractivity contribution >= 4 is 22.9 Å². The fourth-order valence-corrected chi connectivity index (χ4v) is 2.17. The number of rotatable bonds is 0. The van der Waals surface area contributed by atoms with E-state index in [9.17, 15) is 0 Å². The summed E-state index contributed by atoms with van der Waals surface area (Å²) in [5, 5.41) is 5.39. The molecule has 0 saturated carbocycles. The summed E-state index contributed by atoms with van der Waals surface area (Å²) in [7, 11) is 0. The lowest BCUT2D eigenvalue weighted by molar-refractivity contribution is 1.45. The van der Waals surface area contributed by atoms with E-state index in [1.54, 1.807) is 0 Å². The first-order valence-electron chi connectivity index (χ1n) is 6.39. The van der Waals surface area contributed by atoms with Gasteiger partial charge in [0, 0.05) is 0 Å². The molecule has 0 aliphatic rings. The van der Waals surface area contributed by atoms with Gasteiger partial charge in [-0.3, -0.25) is 0 Å². The molecule has 0 aliphatic heterocycles. The molecular formula is C17H22. The number of hydrogen-bond acceptors (Lipinski definition) is 0. The van der Waals surface area contributed by atoms with Gasteiger partial charge in [0.05, 0.1) is 0 Å². The van der Waals surface area contributed by atoms with E-state index < -0.39 is 0 Å². The number of fused-ring (bicyclic) bond motifs is 1. The van der Waals surface area contributed by atoms with E-state index in [0.717, 1.165) is 0 Å². The van der Waals surface area contributed by atoms with Crippen LogP contribution < -0.4 is 10.4 Å². The third-order valence-electron chi connectivity index (χ3n) is 2.92. The lowest BCUT2D eigenvalue weighted by Gasteiger charge is -2.03. The first kappa shape index (κ1) is 13.5. The molecule has 0 atom stereocenters. The summed E-state index contributed by atoms with van der Waals surface area (Å²) in [5.74, 6) is 0. The Morgan fingerprint density at radius 2 is 1.47 bits per heavy atom. The Kier molecular flexibility index (Phi) is 4.96. The highest BCUT2D eigenvalue weighted by Gasteiger charge is 1.98. The van der Waals surface area contributed by atoms with Crippen molar-refractivity contribution < 1.29 is 0 Å². The zero-order valence-electron chi connectivity index (χ0n) is 11.5. The van der Waals surface area contributed by atoms with Crippen LogP contribution in [0.5, 0.6) is 0 Å². The average molecular weight is 226 g/mol. The van der Waals surface area contributed by atoms with Crippen molar-refractivity contribution in [2.24, 2.45) is 0 Å². The van der Waals surface area contributed by atoms with Gasteiger partial charge in [-0.1, -0.05) is 56.3 Å². The lowest BCUT2D eigenvalue weighted by atomic mass is 10.0. The minimum absolute atomic E-state index is 1.33. The van der Waals surface area contributed by atoms with Gasteiger partial charge >= 0.3 is 0 Å². The number of aryl methyl sites for hydroxylation is 1. The van der Waals surface area contributed by atoms with E-state index in [4.69, 9.17) is 0 Å². The SMILES string of the molecule is C/C=c1/cc(C)c2ccccc2/c1=C/C.CC. The summed E-state index contributed by atoms with van der Waals surface area (Å²) < 4.78 is 0. The Morgan fingerprint density at radius 3 is 2.00 bits per heavy atom. The van der Waals surface area contributed by atoms with Gasteiger partial charge in [-0.15, -0.1) is 0 Å². The quantitative estimate of drug-likeness (QED) is 0.641. The highest BCUT2D eigenvalue weighted by atomic mass is 14.0. The van der Waals surface area contributed by atoms with E-state index in [-0.39, 0.29) is 0 Å². The topological polar surface area (TPSA) is 0 Å². The summed E-state index contributed by atoms with van der Waals surface area (Å²) in [4.78, 5) is 0. The fraction of sp³-hybridized carbons (Fsp3) is 0.294. The lowest BCUT2D eigenvalue weighted by Crippen LogP contribution is -2.25. The summed E-state index contributed by atoms with van der Waals surface area (Å²) in [6.45, 7) is 10.4. The van der Waals surface area contributed by atoms with Crippen molar-refractivity contribution in [1.82, 2.24) is 0 Å². The molecule has 0 amide bonds. The molecule has 0 heterocycles. The fourth-order valence-electron chi connectivity index (χ4n) is 2.17. The van der Waals surface area contributed by atoms with Crippen LogP contribution in [0.3, 0.4) is 0 Å². The second-order valence-corrected chi connectivity index (χ2v) is 3.82. The van der Waals surface area contributed by atoms with Gasteiger partial charge in [-0.05, 0) is 47.5 Å². The molecule has 0 heteroatoms. The largest absolute Gasteiger partial charge is 0.0798 e. The molecule has 2 aromatic carbocycles. The maximum absolute atomic E-state index is 2.26. The average Bonchev–Trinajstić information content (AvgIpc) is 2.41. The number of benzene rings is 2. The van der Waals surface area contributed by atoms with Crippen LogP contribution in [0.1, 0.15) is 33.3 Å². The zero-order chi connectivity index (χ0) is 12.8. The maximum Gasteiger partial charge on any atom is -0.0106 e. The molecule has 0 bridgehead atoms. The van der Waals surface area contributed by atoms with Gasteiger partial charge in [0.1, 0.15) is 0 Å². The molecule has 2 aromatic rings. The number of hydrogen-bond donors (Lipinski definition) is 0. The van der Waals surface area contributed by atoms with Crippen LogP contribution >= 0.6 is 0 Å². The molecular weight excluding hydrogens is 204 g/mol. The first-order chi connectivity index (χ1) is 8.27. The monoisotopic (exact) mass is 226 g/mol. The van der Waals surface area contributed by atoms with Gasteiger partial charge < -0.3 is 0 Å². The molecule has 90 valence electrons. The standard InChI is InChI=1S/C15H16.C2H6/c1-4-12-10-11(3)14-8-6-7-9-15(14)13(12)5-2;1-2/h4-10H,1-3H3;1-2H3/b12-4-,13-5+;. The Hall–Kier alpha value is -1.56. The van der Waals surface area contributed by atoms with E-state index in [2.05, 4.69) is 63.3 Å². The second kappa shape index (κ2) is 6.24. The highest BCUT2D eigenvalue weighted by Crippen LogP contribution is 2.12. The van der Waals surface area contributed by atoms with E-state index in [1.807, 2.05) is 13.8 Å². The third-order valence-corrected chi connectivity index (χ3v) is 2.92. The minimum atomic E-state index is 1.33. The van der Waals surface area contributed by atoms with E-state index in [0.29, 0.717) is 0 Å². The molecule has 0 aliphatic carbocycles. The zero-order valence-corrected chi connectivity index (χ0v) is 11.5. The normalized spacial score (nSPS) is 12.5. The van der Waals surface area contributed by atoms with Gasteiger partial charge in [0.15, 0.2) is 0 Å². The van der Waals surface area contributed by atoms with Crippen molar-refractivity contribution in [3.8, 4) is 0 Å². The molecule has 17 heavy (non-hydrogen) atoms. The second-order valence-electron chi connectivity index (χ2n) is 3.82. The molecule has 0 nitrogen and oxygen atoms in total. The molecule has 0 unspecified atom stereocenters. The van der Waals surface area contributed by atoms with Gasteiger partial charge in [-0.25, -0.2) is 0 Å². The van der Waals surface area contributed by atoms with Crippen molar-refractivity contribution in [3.63, 3.8) is 0 Å². The molecule has 0 aromatic heterocycles. The predicted octanol–water partition coefficient (Wildman–Crippen LogP) is 3.78. The van der Waals surface area contributed by atoms with E-state index in [1.165, 1.54) is 26.8 Å². The Bertz CT molecular complexity index is 604. The van der Waals surface area contributed by atoms with Crippen molar-refractivity contribution in [2.45, 2.75) is 34.6 Å². The maximum atomic E-state index is 2.26. The Balaban J connectivity index is 0.000000686. The van der Waals surface area contributed by atoms with Crippen LogP contribution in [0, 0.1) is 6.92 Å². The minimum Gasteiger partial charge on any atom is -0.0798 e. The van der Waals surface area contributed by atoms with Crippen LogP contribution in [0.15, 0.2) is 30.3 Å². The summed E-state index contributed by atoms with van der Waals surface area (Å²) in [6, 6.07) is 10.9. The van der Waals surface area contributed by atoms with Gasteiger partial charge in [0.2, 0.25) is 0 Å². The molecule has 0 radical (unpaired) electrons. The van der Waals surface area contributed by atoms with Crippen LogP contribution in [0.2, 0.25) is 0 Å². The first-order valence-corrected chi connectivity index (χ1v) is 6.39. The molecule has 2 rings (SSSR count). The molecule has 0 fully saturated rings. The van der Waals surface area contributed by atoms with Crippen molar-refractivity contribution in [2.75, 3.05) is 0 Å². The van der Waals surface area contributed by atoms with Crippen LogP contribution in [-0.4, -0.2) is 0 Å². The van der Waals surface area contributed by atoms with Gasteiger partial charge in [0.25, 0.3) is 0 Å². The van der Waals surface area contributed by atoms with E-state index >= 15 is 0 Å². The Labute approximate surface area is 104 Å². The van der Waals surface area contributed by atoms with Gasteiger partial charge in [-0.2, -0.15) is 0 Å². The summed E-state index contributed by atoms with van der Waals surface area (Å²) in [5.41, 5.74) is 1.35. The summed E-state index contributed by atoms with van der Waals surface area (Å²) in [6.07, 6.45) is 4.37. The highest BCUT2D eigenvalue weighted by molar-refractivity contribution is 5.86. The molecule has 0 saturated heterocycles. The predicted molar refractivity (Wildman–Crippen MR) is 79.6 cm³/mol. The molecule has 0 spiro atoms. The smallest absolute Gasteiger partial charge is 0.0106 e. The Morgan fingerprint density at radius 1 is 0.882 bits per heavy atom. The van der Waals surface area contributed by atoms with Crippen LogP contribution in [0.4, 0.5) is 0 Å². The van der Waals surface area contributed by atoms with Crippen molar-refractivity contribution in [3.05, 3.63) is 46.3 Å². The summed E-state index contributed by atoms with van der Waals surface area (Å²) >= 11 is 0. The van der Waals surface area contributed by atoms with Crippen molar-refractivity contribution in [1.29, 1.82) is 0 Å². The molecule has 0 N–H and O–H groups in total. The van der Waals surface area contributed by atoms with Crippen LogP contribution in [-0.2, 0) is 0 Å². The van der Waals surface area contributed by atoms with Crippen LogP contribution in [0.25, 0.3) is 22.9 Å². The third kappa shape index (κ3) is 2.58.